The first kappa shape index (κ1) is 9.29. The Morgan fingerprint density at radius 2 is 2.43 bits per heavy atom. The normalized spacial score (nSPS) is 10.6. The van der Waals surface area contributed by atoms with Crippen molar-refractivity contribution in [1.29, 1.82) is 0 Å². The molecule has 0 aliphatic carbocycles. The molecule has 0 aromatic carbocycles. The highest BCUT2D eigenvalue weighted by Crippen LogP contribution is 2.03. The minimum absolute atomic E-state index is 0.767. The third kappa shape index (κ3) is 2.15. The second-order valence-electron chi connectivity index (χ2n) is 2.88. The van der Waals surface area contributed by atoms with E-state index in [-0.39, 0.29) is 0 Å². The number of aromatic nitrogens is 4. The molecule has 0 saturated carbocycles. The van der Waals surface area contributed by atoms with E-state index in [2.05, 4.69) is 20.6 Å². The van der Waals surface area contributed by atoms with Gasteiger partial charge >= 0.3 is 0 Å². The molecule has 0 fully saturated rings. The third-order valence-electron chi connectivity index (χ3n) is 1.87. The second-order valence-corrected chi connectivity index (χ2v) is 3.86. The Kier molecular flexibility index (Phi) is 2.85. The van der Waals surface area contributed by atoms with E-state index in [1.54, 1.807) is 22.2 Å². The molecule has 0 aliphatic heterocycles. The van der Waals surface area contributed by atoms with Crippen molar-refractivity contribution in [3.8, 4) is 0 Å². The predicted octanol–water partition coefficient (Wildman–Crippen LogP) is 0.561. The predicted molar refractivity (Wildman–Crippen MR) is 53.7 cm³/mol. The van der Waals surface area contributed by atoms with Gasteiger partial charge in [-0.25, -0.2) is 4.98 Å². The molecule has 0 unspecified atom stereocenters. The van der Waals surface area contributed by atoms with Crippen molar-refractivity contribution in [3.63, 3.8) is 0 Å². The average molecular weight is 209 g/mol. The molecule has 0 saturated heterocycles. The van der Waals surface area contributed by atoms with Gasteiger partial charge in [0, 0.05) is 31.7 Å². The Bertz CT molecular complexity index is 380. The molecule has 74 valence electrons. The first-order valence-electron chi connectivity index (χ1n) is 4.29. The molecule has 0 radical (unpaired) electrons. The van der Waals surface area contributed by atoms with Crippen LogP contribution in [0.1, 0.15) is 10.7 Å². The van der Waals surface area contributed by atoms with Crippen LogP contribution in [0.15, 0.2) is 17.8 Å². The van der Waals surface area contributed by atoms with Crippen molar-refractivity contribution in [1.82, 2.24) is 25.3 Å². The van der Waals surface area contributed by atoms with Gasteiger partial charge in [0.2, 0.25) is 0 Å². The molecule has 6 heteroatoms. The summed E-state index contributed by atoms with van der Waals surface area (Å²) in [6, 6.07) is 0. The van der Waals surface area contributed by atoms with Crippen molar-refractivity contribution in [3.05, 3.63) is 28.5 Å². The molecule has 0 amide bonds. The quantitative estimate of drug-likeness (QED) is 0.799. The smallest absolute Gasteiger partial charge is 0.106 e. The van der Waals surface area contributed by atoms with Gasteiger partial charge in [-0.3, -0.25) is 4.68 Å². The molecule has 2 rings (SSSR count). The highest BCUT2D eigenvalue weighted by atomic mass is 32.1. The van der Waals surface area contributed by atoms with E-state index >= 15 is 0 Å². The van der Waals surface area contributed by atoms with E-state index in [1.165, 1.54) is 0 Å². The molecule has 2 heterocycles. The Morgan fingerprint density at radius 3 is 3.07 bits per heavy atom. The van der Waals surface area contributed by atoms with Crippen LogP contribution in [0.5, 0.6) is 0 Å². The molecule has 0 spiro atoms. The summed E-state index contributed by atoms with van der Waals surface area (Å²) in [5.41, 5.74) is 1.07. The topological polar surface area (TPSA) is 55.6 Å². The summed E-state index contributed by atoms with van der Waals surface area (Å²) in [7, 11) is 1.88. The van der Waals surface area contributed by atoms with Gasteiger partial charge in [0.05, 0.1) is 11.9 Å². The van der Waals surface area contributed by atoms with Gasteiger partial charge in [-0.1, -0.05) is 5.21 Å². The zero-order valence-corrected chi connectivity index (χ0v) is 8.66. The fraction of sp³-hybridized carbons (Fsp3) is 0.375. The summed E-state index contributed by atoms with van der Waals surface area (Å²) in [5.74, 6) is 0. The lowest BCUT2D eigenvalue weighted by molar-refractivity contribution is 0.616. The van der Waals surface area contributed by atoms with Gasteiger partial charge in [0.25, 0.3) is 0 Å². The number of hydrogen-bond donors (Lipinski definition) is 1. The molecule has 2 aromatic heterocycles. The average Bonchev–Trinajstić information content (AvgIpc) is 2.78. The van der Waals surface area contributed by atoms with E-state index in [4.69, 9.17) is 0 Å². The monoisotopic (exact) mass is 209 g/mol. The second kappa shape index (κ2) is 4.30. The van der Waals surface area contributed by atoms with E-state index in [9.17, 15) is 0 Å². The van der Waals surface area contributed by atoms with Gasteiger partial charge < -0.3 is 5.32 Å². The minimum atomic E-state index is 0.767. The van der Waals surface area contributed by atoms with Crippen molar-refractivity contribution in [2.75, 3.05) is 0 Å². The zero-order valence-electron chi connectivity index (χ0n) is 7.84. The van der Waals surface area contributed by atoms with Gasteiger partial charge in [0.1, 0.15) is 5.01 Å². The number of rotatable bonds is 4. The van der Waals surface area contributed by atoms with Crippen molar-refractivity contribution < 1.29 is 0 Å². The Labute approximate surface area is 85.8 Å². The SMILES string of the molecule is Cn1nncc1CNCc1nccs1. The summed E-state index contributed by atoms with van der Waals surface area (Å²) < 4.78 is 1.76. The lowest BCUT2D eigenvalue weighted by atomic mass is 10.4. The number of nitrogens with one attached hydrogen (secondary N) is 1. The van der Waals surface area contributed by atoms with E-state index in [0.717, 1.165) is 23.8 Å². The molecule has 0 bridgehead atoms. The fourth-order valence-electron chi connectivity index (χ4n) is 1.11. The van der Waals surface area contributed by atoms with Gasteiger partial charge in [-0.05, 0) is 0 Å². The van der Waals surface area contributed by atoms with E-state index in [0.29, 0.717) is 0 Å². The summed E-state index contributed by atoms with van der Waals surface area (Å²) in [6.45, 7) is 1.56. The molecule has 0 atom stereocenters. The minimum Gasteiger partial charge on any atom is -0.305 e. The number of aryl methyl sites for hydroxylation is 1. The molecule has 1 N–H and O–H groups in total. The van der Waals surface area contributed by atoms with Crippen LogP contribution < -0.4 is 5.32 Å². The molecular weight excluding hydrogens is 198 g/mol. The largest absolute Gasteiger partial charge is 0.305 e. The standard InChI is InChI=1S/C8H11N5S/c1-13-7(5-11-12-13)4-9-6-8-10-2-3-14-8/h2-3,5,9H,4,6H2,1H3. The maximum atomic E-state index is 4.18. The lowest BCUT2D eigenvalue weighted by Crippen LogP contribution is -2.15. The molecular formula is C8H11N5S. The molecule has 0 aliphatic rings. The fourth-order valence-corrected chi connectivity index (χ4v) is 1.69. The first-order valence-corrected chi connectivity index (χ1v) is 5.17. The first-order chi connectivity index (χ1) is 6.86. The van der Waals surface area contributed by atoms with Crippen molar-refractivity contribution in [2.45, 2.75) is 13.1 Å². The Morgan fingerprint density at radius 1 is 1.50 bits per heavy atom. The van der Waals surface area contributed by atoms with Crippen molar-refractivity contribution in [2.24, 2.45) is 7.05 Å². The molecule has 2 aromatic rings. The van der Waals surface area contributed by atoms with Crippen molar-refractivity contribution >= 4 is 11.3 Å². The van der Waals surface area contributed by atoms with Crippen LogP contribution in [0, 0.1) is 0 Å². The number of nitrogens with zero attached hydrogens (tertiary/aromatic N) is 4. The zero-order chi connectivity index (χ0) is 9.80. The Hall–Kier alpha value is -1.27. The van der Waals surface area contributed by atoms with Crippen LogP contribution >= 0.6 is 11.3 Å². The van der Waals surface area contributed by atoms with Crippen LogP contribution in [-0.2, 0) is 20.1 Å². The van der Waals surface area contributed by atoms with Crippen LogP contribution in [-0.4, -0.2) is 20.0 Å². The summed E-state index contributed by atoms with van der Waals surface area (Å²) in [4.78, 5) is 4.18. The summed E-state index contributed by atoms with van der Waals surface area (Å²) in [5, 5.41) is 14.0. The number of hydrogen-bond acceptors (Lipinski definition) is 5. The van der Waals surface area contributed by atoms with Gasteiger partial charge in [0.15, 0.2) is 0 Å². The maximum Gasteiger partial charge on any atom is 0.106 e. The molecule has 5 nitrogen and oxygen atoms in total. The lowest BCUT2D eigenvalue weighted by Gasteiger charge is -2.01. The van der Waals surface area contributed by atoms with Crippen LogP contribution in [0.4, 0.5) is 0 Å². The van der Waals surface area contributed by atoms with Crippen LogP contribution in [0.25, 0.3) is 0 Å². The van der Waals surface area contributed by atoms with Gasteiger partial charge in [-0.2, -0.15) is 0 Å². The van der Waals surface area contributed by atoms with E-state index < -0.39 is 0 Å². The highest BCUT2D eigenvalue weighted by Gasteiger charge is 1.99. The highest BCUT2D eigenvalue weighted by molar-refractivity contribution is 7.09. The third-order valence-corrected chi connectivity index (χ3v) is 2.65. The van der Waals surface area contributed by atoms with Gasteiger partial charge in [-0.15, -0.1) is 16.4 Å². The number of thiazole rings is 1. The maximum absolute atomic E-state index is 4.18. The summed E-state index contributed by atoms with van der Waals surface area (Å²) in [6.07, 6.45) is 3.57. The Balaban J connectivity index is 1.81. The van der Waals surface area contributed by atoms with E-state index in [1.807, 2.05) is 18.6 Å². The summed E-state index contributed by atoms with van der Waals surface area (Å²) >= 11 is 1.65. The van der Waals surface area contributed by atoms with Crippen LogP contribution in [0.3, 0.4) is 0 Å². The molecule has 14 heavy (non-hydrogen) atoms. The van der Waals surface area contributed by atoms with Crippen LogP contribution in [0.2, 0.25) is 0 Å².